The van der Waals surface area contributed by atoms with E-state index in [4.69, 9.17) is 18.5 Å². The normalized spacial score (nSPS) is 14.1. The van der Waals surface area contributed by atoms with E-state index in [2.05, 4.69) is 6.92 Å². The Morgan fingerprint density at radius 1 is 0.489 bits per heavy atom. The van der Waals surface area contributed by atoms with Crippen LogP contribution in [0.1, 0.15) is 181 Å². The molecule has 0 aromatic heterocycles. The molecule has 0 rings (SSSR count). The van der Waals surface area contributed by atoms with Gasteiger partial charge in [-0.15, -0.1) is 0 Å². The number of esters is 2. The summed E-state index contributed by atoms with van der Waals surface area (Å²) in [6.07, 6.45) is 28.1. The molecule has 0 saturated heterocycles. The lowest BCUT2D eigenvalue weighted by Gasteiger charge is -2.20. The Morgan fingerprint density at radius 2 is 0.766 bits per heavy atom. The largest absolute Gasteiger partial charge is 0.472 e. The first-order valence-electron chi connectivity index (χ1n) is 19.0. The minimum absolute atomic E-state index is 0.170. The molecule has 0 heterocycles. The van der Waals surface area contributed by atoms with Crippen molar-refractivity contribution in [3.8, 4) is 0 Å². The van der Waals surface area contributed by atoms with Gasteiger partial charge in [0.05, 0.1) is 26.4 Å². The molecule has 0 aliphatic rings. The molecule has 3 unspecified atom stereocenters. The van der Waals surface area contributed by atoms with Crippen LogP contribution in [0.3, 0.4) is 0 Å². The van der Waals surface area contributed by atoms with Gasteiger partial charge in [-0.25, -0.2) is 4.57 Å². The van der Waals surface area contributed by atoms with E-state index in [-0.39, 0.29) is 12.8 Å². The molecule has 0 bridgehead atoms. The summed E-state index contributed by atoms with van der Waals surface area (Å²) in [7, 11) is -4.60. The number of carbonyl (C=O) groups excluding carboxylic acids is 2. The van der Waals surface area contributed by atoms with E-state index in [1.807, 2.05) is 6.92 Å². The lowest BCUT2D eigenvalue weighted by molar-refractivity contribution is -0.153. The number of hydrogen-bond acceptors (Lipinski definition) is 9. The molecule has 3 N–H and O–H groups in total. The molecule has 0 aromatic rings. The van der Waals surface area contributed by atoms with Crippen molar-refractivity contribution in [2.24, 2.45) is 0 Å². The van der Waals surface area contributed by atoms with Gasteiger partial charge in [0.2, 0.25) is 0 Å². The van der Waals surface area contributed by atoms with Crippen molar-refractivity contribution < 1.29 is 47.8 Å². The highest BCUT2D eigenvalue weighted by Crippen LogP contribution is 2.43. The summed E-state index contributed by atoms with van der Waals surface area (Å²) in [5, 5.41) is 18.8. The van der Waals surface area contributed by atoms with Gasteiger partial charge in [-0.1, -0.05) is 155 Å². The highest BCUT2D eigenvalue weighted by molar-refractivity contribution is 7.47. The number of phosphoric acid groups is 1. The molecule has 0 radical (unpaired) electrons. The smallest absolute Gasteiger partial charge is 0.457 e. The minimum Gasteiger partial charge on any atom is -0.457 e. The fourth-order valence-electron chi connectivity index (χ4n) is 5.33. The highest BCUT2D eigenvalue weighted by Gasteiger charge is 2.27. The summed E-state index contributed by atoms with van der Waals surface area (Å²) in [4.78, 5) is 33.7. The van der Waals surface area contributed by atoms with Gasteiger partial charge in [0.25, 0.3) is 0 Å². The summed E-state index contributed by atoms with van der Waals surface area (Å²) in [6.45, 7) is 1.92. The number of carbonyl (C=O) groups is 2. The molecule has 0 saturated carbocycles. The van der Waals surface area contributed by atoms with Crippen molar-refractivity contribution in [3.63, 3.8) is 0 Å². The van der Waals surface area contributed by atoms with Gasteiger partial charge in [0.1, 0.15) is 12.2 Å². The third-order valence-corrected chi connectivity index (χ3v) is 9.27. The lowest BCUT2D eigenvalue weighted by Crippen LogP contribution is -2.28. The second kappa shape index (κ2) is 33.5. The van der Waals surface area contributed by atoms with Gasteiger partial charge in [0, 0.05) is 12.8 Å². The van der Waals surface area contributed by atoms with E-state index in [1.165, 1.54) is 116 Å². The molecule has 10 nitrogen and oxygen atoms in total. The fourth-order valence-corrected chi connectivity index (χ4v) is 6.11. The first-order chi connectivity index (χ1) is 22.8. The van der Waals surface area contributed by atoms with Gasteiger partial charge >= 0.3 is 19.8 Å². The Labute approximate surface area is 286 Å². The van der Waals surface area contributed by atoms with E-state index in [0.717, 1.165) is 25.7 Å². The van der Waals surface area contributed by atoms with Crippen LogP contribution in [0.5, 0.6) is 0 Å². The molecule has 0 aliphatic heterocycles. The molecular formula is C36H71O10P. The standard InChI is InChI=1S/C36H71O10P/c1-3-5-7-8-9-10-11-12-13-14-15-16-17-18-19-20-21-22-23-24-25-26-28-36(40)46-34(30-38)32-44-47(41,42)43-31-33(29-37)45-35(39)27-6-4-2/h33-34,37-38H,3-32H2,1-2H3,(H,41,42). The number of aliphatic hydroxyl groups is 2. The molecule has 0 amide bonds. The number of rotatable bonds is 36. The van der Waals surface area contributed by atoms with Crippen LogP contribution in [-0.4, -0.2) is 65.7 Å². The SMILES string of the molecule is CCCCCCCCCCCCCCCCCCCCCCCCC(=O)OC(CO)COP(=O)(O)OCC(CO)OC(=O)CCCC. The monoisotopic (exact) mass is 694 g/mol. The predicted molar refractivity (Wildman–Crippen MR) is 187 cm³/mol. The van der Waals surface area contributed by atoms with Crippen molar-refractivity contribution in [1.82, 2.24) is 0 Å². The summed E-state index contributed by atoms with van der Waals surface area (Å²) in [6, 6.07) is 0. The van der Waals surface area contributed by atoms with E-state index in [1.54, 1.807) is 0 Å². The van der Waals surface area contributed by atoms with Gasteiger partial charge in [0.15, 0.2) is 0 Å². The van der Waals surface area contributed by atoms with Crippen LogP contribution < -0.4 is 0 Å². The van der Waals surface area contributed by atoms with Crippen LogP contribution in [0.4, 0.5) is 0 Å². The average molecular weight is 695 g/mol. The molecule has 11 heteroatoms. The Balaban J connectivity index is 3.69. The number of phosphoric ester groups is 1. The fraction of sp³-hybridized carbons (Fsp3) is 0.944. The van der Waals surface area contributed by atoms with E-state index < -0.39 is 58.4 Å². The summed E-state index contributed by atoms with van der Waals surface area (Å²) < 4.78 is 31.9. The summed E-state index contributed by atoms with van der Waals surface area (Å²) in [5.41, 5.74) is 0. The zero-order valence-corrected chi connectivity index (χ0v) is 30.9. The molecule has 47 heavy (non-hydrogen) atoms. The zero-order valence-electron chi connectivity index (χ0n) is 30.0. The van der Waals surface area contributed by atoms with Crippen LogP contribution in [0.2, 0.25) is 0 Å². The van der Waals surface area contributed by atoms with Crippen molar-refractivity contribution >= 4 is 19.8 Å². The zero-order chi connectivity index (χ0) is 34.9. The molecule has 3 atom stereocenters. The highest BCUT2D eigenvalue weighted by atomic mass is 31.2. The van der Waals surface area contributed by atoms with E-state index in [0.29, 0.717) is 12.8 Å². The third kappa shape index (κ3) is 32.0. The van der Waals surface area contributed by atoms with Crippen LogP contribution >= 0.6 is 7.82 Å². The lowest BCUT2D eigenvalue weighted by atomic mass is 10.0. The Bertz CT molecular complexity index is 766. The topological polar surface area (TPSA) is 149 Å². The second-order valence-electron chi connectivity index (χ2n) is 12.9. The average Bonchev–Trinajstić information content (AvgIpc) is 3.06. The molecule has 280 valence electrons. The van der Waals surface area contributed by atoms with Crippen LogP contribution in [0.15, 0.2) is 0 Å². The van der Waals surface area contributed by atoms with Crippen molar-refractivity contribution in [2.75, 3.05) is 26.4 Å². The Kier molecular flexibility index (Phi) is 32.7. The molecule has 0 aromatic carbocycles. The summed E-state index contributed by atoms with van der Waals surface area (Å²) >= 11 is 0. The molecular weight excluding hydrogens is 623 g/mol. The molecule has 0 spiro atoms. The summed E-state index contributed by atoms with van der Waals surface area (Å²) in [5.74, 6) is -1.05. The number of unbranched alkanes of at least 4 members (excludes halogenated alkanes) is 22. The number of hydrogen-bond donors (Lipinski definition) is 3. The van der Waals surface area contributed by atoms with Crippen LogP contribution in [-0.2, 0) is 32.7 Å². The van der Waals surface area contributed by atoms with Crippen LogP contribution in [0.25, 0.3) is 0 Å². The first kappa shape index (κ1) is 46.0. The van der Waals surface area contributed by atoms with Gasteiger partial charge in [-0.05, 0) is 12.8 Å². The van der Waals surface area contributed by atoms with Crippen molar-refractivity contribution in [1.29, 1.82) is 0 Å². The Hall–Kier alpha value is -1.03. The molecule has 0 aliphatic carbocycles. The van der Waals surface area contributed by atoms with Crippen LogP contribution in [0, 0.1) is 0 Å². The van der Waals surface area contributed by atoms with E-state index >= 15 is 0 Å². The first-order valence-corrected chi connectivity index (χ1v) is 20.5. The number of aliphatic hydroxyl groups excluding tert-OH is 2. The van der Waals surface area contributed by atoms with Crippen molar-refractivity contribution in [2.45, 2.75) is 193 Å². The maximum absolute atomic E-state index is 12.1. The van der Waals surface area contributed by atoms with Gasteiger partial charge in [-0.2, -0.15) is 0 Å². The maximum Gasteiger partial charge on any atom is 0.472 e. The quantitative estimate of drug-likeness (QED) is 0.0329. The van der Waals surface area contributed by atoms with Gasteiger partial charge < -0.3 is 24.6 Å². The second-order valence-corrected chi connectivity index (χ2v) is 14.4. The van der Waals surface area contributed by atoms with Gasteiger partial charge in [-0.3, -0.25) is 18.6 Å². The molecule has 0 fully saturated rings. The third-order valence-electron chi connectivity index (χ3n) is 8.32. The van der Waals surface area contributed by atoms with E-state index in [9.17, 15) is 29.3 Å². The number of ether oxygens (including phenoxy) is 2. The van der Waals surface area contributed by atoms with Crippen molar-refractivity contribution in [3.05, 3.63) is 0 Å². The minimum atomic E-state index is -4.60. The predicted octanol–water partition coefficient (Wildman–Crippen LogP) is 9.11. The Morgan fingerprint density at radius 3 is 1.06 bits per heavy atom. The maximum atomic E-state index is 12.1.